The highest BCUT2D eigenvalue weighted by Crippen LogP contribution is 2.20. The summed E-state index contributed by atoms with van der Waals surface area (Å²) in [6.07, 6.45) is 0. The standard InChI is InChI=1S/C13H12O5S2/c1-11-7-9-13(10-8-11)20(16,17)18-19(14,15)12-5-3-2-4-6-12/h2-10H,1H3. The van der Waals surface area contributed by atoms with Gasteiger partial charge in [-0.05, 0) is 31.2 Å². The molecule has 106 valence electrons. The van der Waals surface area contributed by atoms with E-state index in [4.69, 9.17) is 0 Å². The van der Waals surface area contributed by atoms with Crippen LogP contribution >= 0.6 is 0 Å². The van der Waals surface area contributed by atoms with Crippen LogP contribution in [0, 0.1) is 6.92 Å². The van der Waals surface area contributed by atoms with E-state index in [9.17, 15) is 16.8 Å². The first kappa shape index (κ1) is 14.7. The molecular formula is C13H12O5S2. The van der Waals surface area contributed by atoms with E-state index in [2.05, 4.69) is 3.63 Å². The minimum absolute atomic E-state index is 0.206. The average Bonchev–Trinajstić information content (AvgIpc) is 2.39. The lowest BCUT2D eigenvalue weighted by atomic mass is 10.2. The topological polar surface area (TPSA) is 77.5 Å². The van der Waals surface area contributed by atoms with Crippen molar-refractivity contribution < 1.29 is 20.5 Å². The molecule has 7 heteroatoms. The molecule has 0 bridgehead atoms. The van der Waals surface area contributed by atoms with Crippen molar-refractivity contribution in [2.24, 2.45) is 0 Å². The van der Waals surface area contributed by atoms with Crippen LogP contribution in [0.15, 0.2) is 64.4 Å². The van der Waals surface area contributed by atoms with E-state index < -0.39 is 20.2 Å². The van der Waals surface area contributed by atoms with Gasteiger partial charge in [-0.15, -0.1) is 3.63 Å². The number of aryl methyl sites for hydroxylation is 1. The van der Waals surface area contributed by atoms with Gasteiger partial charge >= 0.3 is 20.2 Å². The Balaban J connectivity index is 2.36. The second-order valence-electron chi connectivity index (χ2n) is 4.10. The monoisotopic (exact) mass is 312 g/mol. The molecule has 0 amide bonds. The lowest BCUT2D eigenvalue weighted by Gasteiger charge is -2.06. The average molecular weight is 312 g/mol. The summed E-state index contributed by atoms with van der Waals surface area (Å²) in [7, 11) is -8.74. The molecule has 0 aliphatic carbocycles. The predicted molar refractivity (Wildman–Crippen MR) is 73.1 cm³/mol. The van der Waals surface area contributed by atoms with Crippen molar-refractivity contribution in [2.45, 2.75) is 16.7 Å². The predicted octanol–water partition coefficient (Wildman–Crippen LogP) is 2.09. The van der Waals surface area contributed by atoms with Crippen LogP contribution in [0.4, 0.5) is 0 Å². The van der Waals surface area contributed by atoms with E-state index in [1.165, 1.54) is 36.4 Å². The fourth-order valence-corrected chi connectivity index (χ4v) is 4.02. The van der Waals surface area contributed by atoms with Crippen LogP contribution in [0.3, 0.4) is 0 Å². The molecule has 2 aromatic carbocycles. The Hall–Kier alpha value is -1.70. The first-order valence-corrected chi connectivity index (χ1v) is 8.46. The van der Waals surface area contributed by atoms with Crippen molar-refractivity contribution in [3.8, 4) is 0 Å². The highest BCUT2D eigenvalue weighted by atomic mass is 32.3. The zero-order chi connectivity index (χ0) is 14.8. The number of benzene rings is 2. The van der Waals surface area contributed by atoms with E-state index >= 15 is 0 Å². The maximum Gasteiger partial charge on any atom is 0.311 e. The van der Waals surface area contributed by atoms with Gasteiger partial charge in [-0.1, -0.05) is 35.9 Å². The summed E-state index contributed by atoms with van der Waals surface area (Å²) in [6, 6.07) is 12.8. The minimum Gasteiger partial charge on any atom is -0.193 e. The van der Waals surface area contributed by atoms with Crippen LogP contribution in [0.1, 0.15) is 5.56 Å². The van der Waals surface area contributed by atoms with Crippen molar-refractivity contribution in [2.75, 3.05) is 0 Å². The Morgan fingerprint density at radius 2 is 1.15 bits per heavy atom. The molecule has 5 nitrogen and oxygen atoms in total. The maximum absolute atomic E-state index is 11.9. The number of hydrogen-bond acceptors (Lipinski definition) is 5. The van der Waals surface area contributed by atoms with Crippen LogP contribution < -0.4 is 0 Å². The SMILES string of the molecule is Cc1ccc(S(=O)(=O)OS(=O)(=O)c2ccccc2)cc1. The largest absolute Gasteiger partial charge is 0.311 e. The molecule has 0 saturated heterocycles. The Kier molecular flexibility index (Phi) is 3.94. The van der Waals surface area contributed by atoms with Gasteiger partial charge in [0.15, 0.2) is 0 Å². The number of rotatable bonds is 4. The number of hydrogen-bond donors (Lipinski definition) is 0. The molecule has 0 unspecified atom stereocenters. The summed E-state index contributed by atoms with van der Waals surface area (Å²) in [6.45, 7) is 1.79. The molecule has 0 heterocycles. The molecule has 0 atom stereocenters. The van der Waals surface area contributed by atoms with Gasteiger partial charge in [-0.3, -0.25) is 0 Å². The van der Waals surface area contributed by atoms with Gasteiger partial charge in [0.2, 0.25) is 0 Å². The van der Waals surface area contributed by atoms with Gasteiger partial charge < -0.3 is 0 Å². The molecule has 0 N–H and O–H groups in total. The third-order valence-electron chi connectivity index (χ3n) is 2.52. The molecule has 0 aliphatic heterocycles. The first-order valence-electron chi connectivity index (χ1n) is 5.64. The Morgan fingerprint density at radius 3 is 1.65 bits per heavy atom. The summed E-state index contributed by atoms with van der Waals surface area (Å²) in [4.78, 5) is -0.418. The van der Waals surface area contributed by atoms with E-state index in [1.807, 2.05) is 0 Å². The van der Waals surface area contributed by atoms with E-state index in [0.717, 1.165) is 5.56 Å². The molecule has 0 saturated carbocycles. The van der Waals surface area contributed by atoms with Crippen molar-refractivity contribution in [1.82, 2.24) is 0 Å². The molecule has 0 aromatic heterocycles. The van der Waals surface area contributed by atoms with Crippen molar-refractivity contribution in [3.63, 3.8) is 0 Å². The maximum atomic E-state index is 11.9. The van der Waals surface area contributed by atoms with Crippen LogP contribution in [0.25, 0.3) is 0 Å². The molecule has 2 aromatic rings. The molecule has 20 heavy (non-hydrogen) atoms. The Labute approximate surface area is 118 Å². The zero-order valence-corrected chi connectivity index (χ0v) is 12.2. The quantitative estimate of drug-likeness (QED) is 0.864. The Morgan fingerprint density at radius 1 is 0.700 bits per heavy atom. The zero-order valence-electron chi connectivity index (χ0n) is 10.6. The molecule has 0 radical (unpaired) electrons. The molecule has 0 aliphatic rings. The van der Waals surface area contributed by atoms with Gasteiger partial charge in [-0.2, -0.15) is 16.8 Å². The van der Waals surface area contributed by atoms with E-state index in [-0.39, 0.29) is 9.79 Å². The highest BCUT2D eigenvalue weighted by molar-refractivity contribution is 7.99. The first-order chi connectivity index (χ1) is 9.31. The molecule has 2 rings (SSSR count). The Bertz CT molecular complexity index is 792. The summed E-state index contributed by atoms with van der Waals surface area (Å²) >= 11 is 0. The van der Waals surface area contributed by atoms with Crippen LogP contribution in [-0.4, -0.2) is 16.8 Å². The van der Waals surface area contributed by atoms with Crippen LogP contribution in [-0.2, 0) is 23.9 Å². The van der Waals surface area contributed by atoms with Crippen LogP contribution in [0.2, 0.25) is 0 Å². The van der Waals surface area contributed by atoms with Crippen LogP contribution in [0.5, 0.6) is 0 Å². The smallest absolute Gasteiger partial charge is 0.193 e. The normalized spacial score (nSPS) is 12.2. The molecule has 0 spiro atoms. The van der Waals surface area contributed by atoms with Gasteiger partial charge in [-0.25, -0.2) is 0 Å². The fourth-order valence-electron chi connectivity index (χ4n) is 1.49. The second kappa shape index (κ2) is 5.35. The molecular weight excluding hydrogens is 300 g/mol. The van der Waals surface area contributed by atoms with Gasteiger partial charge in [0.25, 0.3) is 0 Å². The van der Waals surface area contributed by atoms with Crippen molar-refractivity contribution in [1.29, 1.82) is 0 Å². The highest BCUT2D eigenvalue weighted by Gasteiger charge is 2.26. The third kappa shape index (κ3) is 3.24. The second-order valence-corrected chi connectivity index (χ2v) is 7.41. The summed E-state index contributed by atoms with van der Waals surface area (Å²) in [5.41, 5.74) is 0.856. The van der Waals surface area contributed by atoms with E-state index in [1.54, 1.807) is 25.1 Å². The lowest BCUT2D eigenvalue weighted by Crippen LogP contribution is -2.14. The van der Waals surface area contributed by atoms with Crippen molar-refractivity contribution in [3.05, 3.63) is 60.2 Å². The summed E-state index contributed by atoms with van der Waals surface area (Å²) in [5.74, 6) is 0. The minimum atomic E-state index is -4.37. The van der Waals surface area contributed by atoms with E-state index in [0.29, 0.717) is 0 Å². The lowest BCUT2D eigenvalue weighted by molar-refractivity contribution is 0.462. The van der Waals surface area contributed by atoms with Crippen molar-refractivity contribution >= 4 is 20.2 Å². The summed E-state index contributed by atoms with van der Waals surface area (Å²) < 4.78 is 52.0. The molecule has 0 fully saturated rings. The van der Waals surface area contributed by atoms with Gasteiger partial charge in [0, 0.05) is 0 Å². The third-order valence-corrected chi connectivity index (χ3v) is 5.65. The summed E-state index contributed by atoms with van der Waals surface area (Å²) in [5, 5.41) is 0. The van der Waals surface area contributed by atoms with Gasteiger partial charge in [0.1, 0.15) is 0 Å². The van der Waals surface area contributed by atoms with Gasteiger partial charge in [0.05, 0.1) is 9.79 Å². The fraction of sp³-hybridized carbons (Fsp3) is 0.0769.